The van der Waals surface area contributed by atoms with Gasteiger partial charge in [0.1, 0.15) is 5.75 Å². The Balaban J connectivity index is 2.44. The van der Waals surface area contributed by atoms with Crippen molar-refractivity contribution in [3.63, 3.8) is 0 Å². The summed E-state index contributed by atoms with van der Waals surface area (Å²) in [5.74, 6) is -0.399. The van der Waals surface area contributed by atoms with Crippen LogP contribution in [-0.4, -0.2) is 30.3 Å². The SMILES string of the molecule is CC1C(C(=O)O)Oc2ccc(N)cc2N1C. The van der Waals surface area contributed by atoms with Gasteiger partial charge in [-0.3, -0.25) is 0 Å². The number of aliphatic carboxylic acids is 1. The molecule has 0 bridgehead atoms. The van der Waals surface area contributed by atoms with Crippen molar-refractivity contribution < 1.29 is 14.6 Å². The Hall–Kier alpha value is -1.91. The first-order valence-corrected chi connectivity index (χ1v) is 5.02. The number of hydrogen-bond donors (Lipinski definition) is 2. The fourth-order valence-electron chi connectivity index (χ4n) is 1.82. The normalized spacial score (nSPS) is 23.5. The molecule has 1 aliphatic heterocycles. The number of hydrogen-bond acceptors (Lipinski definition) is 4. The summed E-state index contributed by atoms with van der Waals surface area (Å²) >= 11 is 0. The number of nitrogens with two attached hydrogens (primary N) is 1. The number of nitrogen functional groups attached to an aromatic ring is 1. The third-order valence-corrected chi connectivity index (χ3v) is 2.91. The molecule has 5 nitrogen and oxygen atoms in total. The summed E-state index contributed by atoms with van der Waals surface area (Å²) < 4.78 is 5.43. The van der Waals surface area contributed by atoms with E-state index >= 15 is 0 Å². The van der Waals surface area contributed by atoms with Crippen molar-refractivity contribution >= 4 is 17.3 Å². The smallest absolute Gasteiger partial charge is 0.347 e. The molecule has 2 unspecified atom stereocenters. The van der Waals surface area contributed by atoms with Gasteiger partial charge in [0.15, 0.2) is 0 Å². The topological polar surface area (TPSA) is 75.8 Å². The number of rotatable bonds is 1. The van der Waals surface area contributed by atoms with Gasteiger partial charge in [0.25, 0.3) is 0 Å². The summed E-state index contributed by atoms with van der Waals surface area (Å²) in [5.41, 5.74) is 7.14. The maximum atomic E-state index is 11.0. The molecule has 0 saturated carbocycles. The first-order chi connectivity index (χ1) is 7.50. The summed E-state index contributed by atoms with van der Waals surface area (Å²) in [4.78, 5) is 12.9. The van der Waals surface area contributed by atoms with Gasteiger partial charge in [-0.1, -0.05) is 0 Å². The molecule has 16 heavy (non-hydrogen) atoms. The van der Waals surface area contributed by atoms with Crippen molar-refractivity contribution in [1.82, 2.24) is 0 Å². The molecule has 0 amide bonds. The molecule has 3 N–H and O–H groups in total. The Bertz CT molecular complexity index is 433. The minimum atomic E-state index is -0.957. The number of nitrogens with zero attached hydrogens (tertiary/aromatic N) is 1. The highest BCUT2D eigenvalue weighted by Crippen LogP contribution is 2.36. The van der Waals surface area contributed by atoms with E-state index in [4.69, 9.17) is 15.6 Å². The molecular weight excluding hydrogens is 208 g/mol. The minimum Gasteiger partial charge on any atom is -0.478 e. The van der Waals surface area contributed by atoms with Crippen LogP contribution in [0.5, 0.6) is 5.75 Å². The van der Waals surface area contributed by atoms with Gasteiger partial charge < -0.3 is 20.5 Å². The lowest BCUT2D eigenvalue weighted by molar-refractivity contribution is -0.146. The zero-order chi connectivity index (χ0) is 11.9. The Morgan fingerprint density at radius 3 is 2.88 bits per heavy atom. The van der Waals surface area contributed by atoms with Crippen molar-refractivity contribution in [2.75, 3.05) is 17.7 Å². The second kappa shape index (κ2) is 3.59. The number of anilines is 2. The van der Waals surface area contributed by atoms with Crippen LogP contribution in [0.2, 0.25) is 0 Å². The summed E-state index contributed by atoms with van der Waals surface area (Å²) in [6.07, 6.45) is -0.846. The Morgan fingerprint density at radius 1 is 1.56 bits per heavy atom. The van der Waals surface area contributed by atoms with Gasteiger partial charge in [0.05, 0.1) is 11.7 Å². The molecule has 2 atom stereocenters. The zero-order valence-electron chi connectivity index (χ0n) is 9.18. The molecule has 0 spiro atoms. The lowest BCUT2D eigenvalue weighted by atomic mass is 10.1. The Kier molecular flexibility index (Phi) is 2.38. The third-order valence-electron chi connectivity index (χ3n) is 2.91. The number of carboxylic acids is 1. The van der Waals surface area contributed by atoms with Gasteiger partial charge in [-0.15, -0.1) is 0 Å². The lowest BCUT2D eigenvalue weighted by Gasteiger charge is -2.37. The molecule has 1 aliphatic rings. The number of fused-ring (bicyclic) bond motifs is 1. The number of likely N-dealkylation sites (N-methyl/N-ethyl adjacent to an activating group) is 1. The van der Waals surface area contributed by atoms with E-state index in [1.54, 1.807) is 18.2 Å². The summed E-state index contributed by atoms with van der Waals surface area (Å²) in [6, 6.07) is 4.95. The molecule has 5 heteroatoms. The molecule has 2 rings (SSSR count). The van der Waals surface area contributed by atoms with E-state index in [1.165, 1.54) is 0 Å². The van der Waals surface area contributed by atoms with Crippen LogP contribution in [0.25, 0.3) is 0 Å². The van der Waals surface area contributed by atoms with E-state index in [2.05, 4.69) is 0 Å². The van der Waals surface area contributed by atoms with Gasteiger partial charge >= 0.3 is 5.97 Å². The standard InChI is InChI=1S/C11H14N2O3/c1-6-10(11(14)15)16-9-4-3-7(12)5-8(9)13(6)2/h3-6,10H,12H2,1-2H3,(H,14,15). The molecule has 86 valence electrons. The average Bonchev–Trinajstić information content (AvgIpc) is 2.23. The molecular formula is C11H14N2O3. The molecule has 0 saturated heterocycles. The van der Waals surface area contributed by atoms with E-state index in [1.807, 2.05) is 18.9 Å². The quantitative estimate of drug-likeness (QED) is 0.691. The van der Waals surface area contributed by atoms with Gasteiger partial charge in [0, 0.05) is 12.7 Å². The van der Waals surface area contributed by atoms with Gasteiger partial charge in [-0.2, -0.15) is 0 Å². The Labute approximate surface area is 93.4 Å². The van der Waals surface area contributed by atoms with E-state index < -0.39 is 12.1 Å². The van der Waals surface area contributed by atoms with Gasteiger partial charge in [0.2, 0.25) is 6.10 Å². The van der Waals surface area contributed by atoms with Crippen LogP contribution in [0.4, 0.5) is 11.4 Å². The largest absolute Gasteiger partial charge is 0.478 e. The number of carbonyl (C=O) groups is 1. The first-order valence-electron chi connectivity index (χ1n) is 5.02. The van der Waals surface area contributed by atoms with E-state index in [-0.39, 0.29) is 6.04 Å². The predicted octanol–water partition coefficient (Wildman–Crippen LogP) is 0.939. The van der Waals surface area contributed by atoms with E-state index in [0.717, 1.165) is 5.69 Å². The highest BCUT2D eigenvalue weighted by atomic mass is 16.5. The van der Waals surface area contributed by atoms with Crippen molar-refractivity contribution in [3.05, 3.63) is 18.2 Å². The minimum absolute atomic E-state index is 0.230. The number of carboxylic acid groups (broad SMARTS) is 1. The fourth-order valence-corrected chi connectivity index (χ4v) is 1.82. The van der Waals surface area contributed by atoms with Crippen LogP contribution in [0, 0.1) is 0 Å². The molecule has 0 aliphatic carbocycles. The van der Waals surface area contributed by atoms with Crippen LogP contribution in [0.15, 0.2) is 18.2 Å². The van der Waals surface area contributed by atoms with Crippen molar-refractivity contribution in [2.45, 2.75) is 19.1 Å². The highest BCUT2D eigenvalue weighted by Gasteiger charge is 2.35. The molecule has 0 aromatic heterocycles. The van der Waals surface area contributed by atoms with E-state index in [0.29, 0.717) is 11.4 Å². The van der Waals surface area contributed by atoms with Gasteiger partial charge in [-0.25, -0.2) is 4.79 Å². The molecule has 1 heterocycles. The van der Waals surface area contributed by atoms with Crippen LogP contribution in [0.3, 0.4) is 0 Å². The highest BCUT2D eigenvalue weighted by molar-refractivity contribution is 5.78. The monoisotopic (exact) mass is 222 g/mol. The van der Waals surface area contributed by atoms with E-state index in [9.17, 15) is 4.79 Å². The summed E-state index contributed by atoms with van der Waals surface area (Å²) in [7, 11) is 1.83. The third kappa shape index (κ3) is 1.54. The summed E-state index contributed by atoms with van der Waals surface area (Å²) in [5, 5.41) is 9.03. The van der Waals surface area contributed by atoms with Crippen LogP contribution in [0.1, 0.15) is 6.92 Å². The maximum Gasteiger partial charge on any atom is 0.347 e. The first kappa shape index (κ1) is 10.6. The zero-order valence-corrected chi connectivity index (χ0v) is 9.18. The van der Waals surface area contributed by atoms with Crippen molar-refractivity contribution in [3.8, 4) is 5.75 Å². The number of benzene rings is 1. The van der Waals surface area contributed by atoms with Crippen LogP contribution >= 0.6 is 0 Å². The predicted molar refractivity (Wildman–Crippen MR) is 60.8 cm³/mol. The molecule has 0 radical (unpaired) electrons. The van der Waals surface area contributed by atoms with Crippen molar-refractivity contribution in [2.24, 2.45) is 0 Å². The average molecular weight is 222 g/mol. The lowest BCUT2D eigenvalue weighted by Crippen LogP contribution is -2.50. The summed E-state index contributed by atoms with van der Waals surface area (Å²) in [6.45, 7) is 1.81. The van der Waals surface area contributed by atoms with Crippen LogP contribution in [-0.2, 0) is 4.79 Å². The Morgan fingerprint density at radius 2 is 2.25 bits per heavy atom. The maximum absolute atomic E-state index is 11.0. The molecule has 0 fully saturated rings. The fraction of sp³-hybridized carbons (Fsp3) is 0.364. The number of ether oxygens (including phenoxy) is 1. The second-order valence-electron chi connectivity index (χ2n) is 3.96. The molecule has 1 aromatic carbocycles. The second-order valence-corrected chi connectivity index (χ2v) is 3.96. The van der Waals surface area contributed by atoms with Crippen LogP contribution < -0.4 is 15.4 Å². The van der Waals surface area contributed by atoms with Crippen molar-refractivity contribution in [1.29, 1.82) is 0 Å². The molecule has 1 aromatic rings. The van der Waals surface area contributed by atoms with Gasteiger partial charge in [-0.05, 0) is 25.1 Å².